The fraction of sp³-hybridized carbons (Fsp3) is 0.619. The van der Waals surface area contributed by atoms with Crippen LogP contribution in [0.15, 0.2) is 30.3 Å². The Morgan fingerprint density at radius 1 is 1.00 bits per heavy atom. The zero-order valence-electron chi connectivity index (χ0n) is 15.1. The quantitative estimate of drug-likeness (QED) is 0.762. The van der Waals surface area contributed by atoms with Gasteiger partial charge in [-0.15, -0.1) is 0 Å². The molecule has 5 rings (SSSR count). The van der Waals surface area contributed by atoms with Crippen molar-refractivity contribution in [2.24, 2.45) is 17.8 Å². The van der Waals surface area contributed by atoms with Gasteiger partial charge in [-0.1, -0.05) is 18.2 Å². The summed E-state index contributed by atoms with van der Waals surface area (Å²) in [6.07, 6.45) is 7.46. The number of nitrogens with one attached hydrogen (secondary N) is 1. The van der Waals surface area contributed by atoms with Gasteiger partial charge in [0.25, 0.3) is 5.91 Å². The molecule has 4 fully saturated rings. The van der Waals surface area contributed by atoms with Gasteiger partial charge in [-0.2, -0.15) is 0 Å². The van der Waals surface area contributed by atoms with Gasteiger partial charge in [0.2, 0.25) is 0 Å². The Bertz CT molecular complexity index is 622. The van der Waals surface area contributed by atoms with Crippen LogP contribution >= 0.6 is 0 Å². The van der Waals surface area contributed by atoms with Gasteiger partial charge in [-0.05, 0) is 68.4 Å². The lowest BCUT2D eigenvalue weighted by Gasteiger charge is -2.56. The Balaban J connectivity index is 1.18. The molecule has 0 spiro atoms. The van der Waals surface area contributed by atoms with Crippen LogP contribution in [-0.4, -0.2) is 30.6 Å². The van der Waals surface area contributed by atoms with Gasteiger partial charge in [0.05, 0.1) is 13.0 Å². The SMILES string of the molecule is O=C(COC(=O)CCOc1ccccc1)NC12CC3CC(CC(C3)C1)C2. The van der Waals surface area contributed by atoms with E-state index in [1.165, 1.54) is 19.3 Å². The first-order valence-electron chi connectivity index (χ1n) is 9.75. The molecule has 4 aliphatic rings. The average molecular weight is 357 g/mol. The highest BCUT2D eigenvalue weighted by Gasteiger charge is 2.51. The molecular formula is C21H27NO4. The number of amides is 1. The number of benzene rings is 1. The van der Waals surface area contributed by atoms with Crippen LogP contribution in [0.3, 0.4) is 0 Å². The molecule has 4 saturated carbocycles. The molecule has 1 N–H and O–H groups in total. The molecule has 140 valence electrons. The molecule has 0 radical (unpaired) electrons. The van der Waals surface area contributed by atoms with Crippen LogP contribution in [-0.2, 0) is 14.3 Å². The predicted octanol–water partition coefficient (Wildman–Crippen LogP) is 3.08. The number of carbonyl (C=O) groups excluding carboxylic acids is 2. The standard InChI is InChI=1S/C21H27NO4/c23-19(14-26-20(24)6-7-25-18-4-2-1-3-5-18)22-21-11-15-8-16(12-21)10-17(9-15)13-21/h1-5,15-17H,6-14H2,(H,22,23). The normalized spacial score (nSPS) is 31.5. The van der Waals surface area contributed by atoms with Crippen molar-refractivity contribution in [3.63, 3.8) is 0 Å². The maximum absolute atomic E-state index is 12.3. The van der Waals surface area contributed by atoms with Crippen molar-refractivity contribution in [3.8, 4) is 5.75 Å². The monoisotopic (exact) mass is 357 g/mol. The van der Waals surface area contributed by atoms with Gasteiger partial charge < -0.3 is 14.8 Å². The predicted molar refractivity (Wildman–Crippen MR) is 96.6 cm³/mol. The largest absolute Gasteiger partial charge is 0.493 e. The summed E-state index contributed by atoms with van der Waals surface area (Å²) in [4.78, 5) is 24.1. The van der Waals surface area contributed by atoms with E-state index in [4.69, 9.17) is 9.47 Å². The third kappa shape index (κ3) is 4.02. The summed E-state index contributed by atoms with van der Waals surface area (Å²) in [6.45, 7) is 0.0609. The molecule has 5 nitrogen and oxygen atoms in total. The summed E-state index contributed by atoms with van der Waals surface area (Å²) in [5.41, 5.74) is -0.0331. The van der Waals surface area contributed by atoms with Crippen LogP contribution in [0.4, 0.5) is 0 Å². The molecule has 0 aromatic heterocycles. The highest BCUT2D eigenvalue weighted by atomic mass is 16.5. The molecule has 4 bridgehead atoms. The molecule has 1 aromatic carbocycles. The van der Waals surface area contributed by atoms with Crippen molar-refractivity contribution >= 4 is 11.9 Å². The van der Waals surface area contributed by atoms with E-state index in [1.807, 2.05) is 30.3 Å². The van der Waals surface area contributed by atoms with Crippen LogP contribution in [0.2, 0.25) is 0 Å². The number of rotatable bonds is 7. The van der Waals surface area contributed by atoms with E-state index >= 15 is 0 Å². The minimum absolute atomic E-state index is 0.0331. The summed E-state index contributed by atoms with van der Waals surface area (Å²) < 4.78 is 10.6. The molecule has 1 aromatic rings. The summed E-state index contributed by atoms with van der Waals surface area (Å²) in [7, 11) is 0. The number of para-hydroxylation sites is 1. The minimum Gasteiger partial charge on any atom is -0.493 e. The van der Waals surface area contributed by atoms with E-state index in [0.717, 1.165) is 42.8 Å². The zero-order chi connectivity index (χ0) is 18.0. The Morgan fingerprint density at radius 3 is 2.23 bits per heavy atom. The maximum Gasteiger partial charge on any atom is 0.309 e. The van der Waals surface area contributed by atoms with Crippen LogP contribution in [0.25, 0.3) is 0 Å². The molecular weight excluding hydrogens is 330 g/mol. The fourth-order valence-corrected chi connectivity index (χ4v) is 5.58. The van der Waals surface area contributed by atoms with Crippen LogP contribution in [0, 0.1) is 17.8 Å². The molecule has 0 unspecified atom stereocenters. The lowest BCUT2D eigenvalue weighted by Crippen LogP contribution is -2.60. The lowest BCUT2D eigenvalue weighted by molar-refractivity contribution is -0.150. The highest BCUT2D eigenvalue weighted by Crippen LogP contribution is 2.55. The van der Waals surface area contributed by atoms with E-state index in [1.54, 1.807) is 0 Å². The molecule has 5 heteroatoms. The van der Waals surface area contributed by atoms with E-state index in [-0.39, 0.29) is 31.1 Å². The molecule has 0 heterocycles. The number of esters is 1. The van der Waals surface area contributed by atoms with Crippen LogP contribution in [0.1, 0.15) is 44.9 Å². The maximum atomic E-state index is 12.3. The second kappa shape index (κ2) is 7.29. The van der Waals surface area contributed by atoms with E-state index in [2.05, 4.69) is 5.32 Å². The van der Waals surface area contributed by atoms with Crippen molar-refractivity contribution in [2.45, 2.75) is 50.5 Å². The molecule has 0 saturated heterocycles. The molecule has 0 aliphatic heterocycles. The Morgan fingerprint density at radius 2 is 1.62 bits per heavy atom. The molecule has 1 amide bonds. The molecule has 0 atom stereocenters. The van der Waals surface area contributed by atoms with Gasteiger partial charge >= 0.3 is 5.97 Å². The van der Waals surface area contributed by atoms with Crippen LogP contribution in [0.5, 0.6) is 5.75 Å². The Labute approximate surface area is 154 Å². The van der Waals surface area contributed by atoms with Crippen molar-refractivity contribution < 1.29 is 19.1 Å². The van der Waals surface area contributed by atoms with Gasteiger partial charge in [0, 0.05) is 5.54 Å². The average Bonchev–Trinajstić information content (AvgIpc) is 2.59. The third-order valence-electron chi connectivity index (χ3n) is 6.13. The summed E-state index contributed by atoms with van der Waals surface area (Å²) in [5.74, 6) is 2.49. The van der Waals surface area contributed by atoms with Crippen molar-refractivity contribution in [2.75, 3.05) is 13.2 Å². The van der Waals surface area contributed by atoms with Crippen molar-refractivity contribution in [1.29, 1.82) is 0 Å². The fourth-order valence-electron chi connectivity index (χ4n) is 5.58. The Hall–Kier alpha value is -2.04. The van der Waals surface area contributed by atoms with Gasteiger partial charge in [0.1, 0.15) is 5.75 Å². The second-order valence-electron chi connectivity index (χ2n) is 8.32. The number of hydrogen-bond donors (Lipinski definition) is 1. The van der Waals surface area contributed by atoms with E-state index < -0.39 is 5.97 Å². The van der Waals surface area contributed by atoms with Crippen LogP contribution < -0.4 is 10.1 Å². The number of ether oxygens (including phenoxy) is 2. The lowest BCUT2D eigenvalue weighted by atomic mass is 9.53. The van der Waals surface area contributed by atoms with E-state index in [0.29, 0.717) is 0 Å². The zero-order valence-corrected chi connectivity index (χ0v) is 15.1. The Kier molecular flexibility index (Phi) is 4.88. The van der Waals surface area contributed by atoms with Gasteiger partial charge in [-0.3, -0.25) is 9.59 Å². The first-order valence-corrected chi connectivity index (χ1v) is 9.75. The highest BCUT2D eigenvalue weighted by molar-refractivity contribution is 5.81. The van der Waals surface area contributed by atoms with Gasteiger partial charge in [0.15, 0.2) is 6.61 Å². The first kappa shape index (κ1) is 17.4. The summed E-state index contributed by atoms with van der Waals surface area (Å²) in [6, 6.07) is 9.34. The third-order valence-corrected chi connectivity index (χ3v) is 6.13. The van der Waals surface area contributed by atoms with Crippen molar-refractivity contribution in [1.82, 2.24) is 5.32 Å². The molecule has 4 aliphatic carbocycles. The molecule has 26 heavy (non-hydrogen) atoms. The summed E-state index contributed by atoms with van der Waals surface area (Å²) in [5, 5.41) is 3.21. The number of hydrogen-bond acceptors (Lipinski definition) is 4. The first-order chi connectivity index (χ1) is 12.6. The van der Waals surface area contributed by atoms with Crippen molar-refractivity contribution in [3.05, 3.63) is 30.3 Å². The smallest absolute Gasteiger partial charge is 0.309 e. The van der Waals surface area contributed by atoms with E-state index in [9.17, 15) is 9.59 Å². The minimum atomic E-state index is -0.401. The topological polar surface area (TPSA) is 64.6 Å². The van der Waals surface area contributed by atoms with Gasteiger partial charge in [-0.25, -0.2) is 0 Å². The summed E-state index contributed by atoms with van der Waals surface area (Å²) >= 11 is 0. The second-order valence-corrected chi connectivity index (χ2v) is 8.32. The number of carbonyl (C=O) groups is 2.